The molecule has 1 aromatic heterocycles. The van der Waals surface area contributed by atoms with Crippen molar-refractivity contribution in [2.45, 2.75) is 6.92 Å². The van der Waals surface area contributed by atoms with Gasteiger partial charge in [-0.3, -0.25) is 9.89 Å². The smallest absolute Gasteiger partial charge is 0.272 e. The summed E-state index contributed by atoms with van der Waals surface area (Å²) in [5.74, 6) is -0.343. The van der Waals surface area contributed by atoms with Crippen LogP contribution in [0.25, 0.3) is 11.3 Å². The fourth-order valence-corrected chi connectivity index (χ4v) is 2.50. The average Bonchev–Trinajstić information content (AvgIpc) is 3.07. The Bertz CT molecular complexity index is 884. The number of halogens is 1. The van der Waals surface area contributed by atoms with Crippen molar-refractivity contribution in [3.05, 3.63) is 75.9 Å². The van der Waals surface area contributed by atoms with Crippen LogP contribution >= 0.6 is 15.9 Å². The number of benzene rings is 2. The van der Waals surface area contributed by atoms with Gasteiger partial charge in [-0.2, -0.15) is 10.2 Å². The first-order chi connectivity index (χ1) is 11.6. The van der Waals surface area contributed by atoms with Crippen LogP contribution in [-0.2, 0) is 0 Å². The molecule has 2 aromatic carbocycles. The molecule has 0 atom stereocenters. The summed E-state index contributed by atoms with van der Waals surface area (Å²) in [4.78, 5) is 12.1. The fraction of sp³-hybridized carbons (Fsp3) is 0.0556. The number of H-pyrrole nitrogens is 1. The second kappa shape index (κ2) is 7.23. The third-order valence-corrected chi connectivity index (χ3v) is 4.17. The molecule has 120 valence electrons. The SMILES string of the molecule is Cc1ccc(-c2cc(C(=O)N/N=C/c3ccccc3Br)[nH]n2)cc1. The van der Waals surface area contributed by atoms with Gasteiger partial charge in [0, 0.05) is 15.6 Å². The van der Waals surface area contributed by atoms with Gasteiger partial charge in [0.25, 0.3) is 5.91 Å². The summed E-state index contributed by atoms with van der Waals surface area (Å²) in [6.45, 7) is 2.02. The van der Waals surface area contributed by atoms with E-state index in [1.165, 1.54) is 5.56 Å². The summed E-state index contributed by atoms with van der Waals surface area (Å²) in [5, 5.41) is 10.9. The Morgan fingerprint density at radius 3 is 2.71 bits per heavy atom. The summed E-state index contributed by atoms with van der Waals surface area (Å²) in [5.41, 5.74) is 6.56. The molecule has 0 unspecified atom stereocenters. The number of hydrazone groups is 1. The average molecular weight is 383 g/mol. The van der Waals surface area contributed by atoms with Gasteiger partial charge in [0.1, 0.15) is 5.69 Å². The Morgan fingerprint density at radius 2 is 1.96 bits per heavy atom. The molecule has 0 bridgehead atoms. The predicted molar refractivity (Wildman–Crippen MR) is 98.0 cm³/mol. The van der Waals surface area contributed by atoms with Crippen molar-refractivity contribution >= 4 is 28.1 Å². The first kappa shape index (κ1) is 16.1. The number of aromatic nitrogens is 2. The van der Waals surface area contributed by atoms with Crippen molar-refractivity contribution in [2.75, 3.05) is 0 Å². The molecule has 0 aliphatic carbocycles. The van der Waals surface area contributed by atoms with Gasteiger partial charge in [0.05, 0.1) is 11.9 Å². The lowest BCUT2D eigenvalue weighted by molar-refractivity contribution is 0.0950. The van der Waals surface area contributed by atoms with Crippen molar-refractivity contribution in [1.29, 1.82) is 0 Å². The number of amides is 1. The lowest BCUT2D eigenvalue weighted by Crippen LogP contribution is -2.18. The Kier molecular flexibility index (Phi) is 4.86. The molecule has 0 fully saturated rings. The van der Waals surface area contributed by atoms with Gasteiger partial charge in [-0.25, -0.2) is 5.43 Å². The summed E-state index contributed by atoms with van der Waals surface area (Å²) < 4.78 is 0.909. The summed E-state index contributed by atoms with van der Waals surface area (Å²) in [6, 6.07) is 17.3. The van der Waals surface area contributed by atoms with Crippen molar-refractivity contribution < 1.29 is 4.79 Å². The highest BCUT2D eigenvalue weighted by atomic mass is 79.9. The normalized spacial score (nSPS) is 10.9. The number of hydrogen-bond donors (Lipinski definition) is 2. The molecule has 3 aromatic rings. The highest BCUT2D eigenvalue weighted by molar-refractivity contribution is 9.10. The van der Waals surface area contributed by atoms with Gasteiger partial charge in [0.2, 0.25) is 0 Å². The van der Waals surface area contributed by atoms with Gasteiger partial charge in [-0.05, 0) is 19.1 Å². The van der Waals surface area contributed by atoms with E-state index in [1.807, 2.05) is 55.5 Å². The molecule has 1 heterocycles. The second-order valence-electron chi connectivity index (χ2n) is 5.25. The number of aryl methyl sites for hydroxylation is 1. The van der Waals surface area contributed by atoms with Gasteiger partial charge < -0.3 is 0 Å². The van der Waals surface area contributed by atoms with Crippen LogP contribution in [0.4, 0.5) is 0 Å². The van der Waals surface area contributed by atoms with E-state index in [0.717, 1.165) is 21.3 Å². The zero-order chi connectivity index (χ0) is 16.9. The lowest BCUT2D eigenvalue weighted by atomic mass is 10.1. The Labute approximate surface area is 147 Å². The van der Waals surface area contributed by atoms with Crippen LogP contribution in [0, 0.1) is 6.92 Å². The molecular formula is C18H15BrN4O. The van der Waals surface area contributed by atoms with E-state index in [4.69, 9.17) is 0 Å². The van der Waals surface area contributed by atoms with Crippen molar-refractivity contribution in [3.8, 4) is 11.3 Å². The van der Waals surface area contributed by atoms with Crippen LogP contribution in [0.1, 0.15) is 21.6 Å². The Hall–Kier alpha value is -2.73. The monoisotopic (exact) mass is 382 g/mol. The fourth-order valence-electron chi connectivity index (χ4n) is 2.11. The van der Waals surface area contributed by atoms with Crippen molar-refractivity contribution in [2.24, 2.45) is 5.10 Å². The number of carbonyl (C=O) groups is 1. The summed E-state index contributed by atoms with van der Waals surface area (Å²) >= 11 is 3.42. The molecule has 1 amide bonds. The third kappa shape index (κ3) is 3.78. The zero-order valence-electron chi connectivity index (χ0n) is 13.0. The summed E-state index contributed by atoms with van der Waals surface area (Å²) in [7, 11) is 0. The second-order valence-corrected chi connectivity index (χ2v) is 6.11. The van der Waals surface area contributed by atoms with E-state index in [9.17, 15) is 4.79 Å². The van der Waals surface area contributed by atoms with E-state index in [2.05, 4.69) is 36.7 Å². The zero-order valence-corrected chi connectivity index (χ0v) is 14.5. The minimum absolute atomic E-state index is 0.343. The molecule has 0 aliphatic rings. The van der Waals surface area contributed by atoms with Gasteiger partial charge >= 0.3 is 0 Å². The number of nitrogens with zero attached hydrogens (tertiary/aromatic N) is 2. The number of rotatable bonds is 4. The molecule has 6 heteroatoms. The van der Waals surface area contributed by atoms with E-state index in [0.29, 0.717) is 5.69 Å². The van der Waals surface area contributed by atoms with Crippen molar-refractivity contribution in [1.82, 2.24) is 15.6 Å². The predicted octanol–water partition coefficient (Wildman–Crippen LogP) is 3.91. The molecule has 3 rings (SSSR count). The van der Waals surface area contributed by atoms with E-state index < -0.39 is 0 Å². The number of hydrogen-bond acceptors (Lipinski definition) is 3. The molecule has 5 nitrogen and oxygen atoms in total. The maximum absolute atomic E-state index is 12.1. The minimum atomic E-state index is -0.343. The maximum atomic E-state index is 12.1. The highest BCUT2D eigenvalue weighted by Gasteiger charge is 2.10. The molecule has 0 radical (unpaired) electrons. The molecule has 0 saturated carbocycles. The number of nitrogens with one attached hydrogen (secondary N) is 2. The molecule has 2 N–H and O–H groups in total. The van der Waals surface area contributed by atoms with Crippen LogP contribution in [0.2, 0.25) is 0 Å². The molecular weight excluding hydrogens is 368 g/mol. The van der Waals surface area contributed by atoms with E-state index in [1.54, 1.807) is 12.3 Å². The van der Waals surface area contributed by atoms with Crippen LogP contribution in [0.3, 0.4) is 0 Å². The van der Waals surface area contributed by atoms with Gasteiger partial charge in [0.15, 0.2) is 0 Å². The largest absolute Gasteiger partial charge is 0.289 e. The Balaban J connectivity index is 1.68. The number of carbonyl (C=O) groups excluding carboxylic acids is 1. The highest BCUT2D eigenvalue weighted by Crippen LogP contribution is 2.18. The Morgan fingerprint density at radius 1 is 1.21 bits per heavy atom. The van der Waals surface area contributed by atoms with Crippen LogP contribution in [-0.4, -0.2) is 22.3 Å². The molecule has 0 aliphatic heterocycles. The van der Waals surface area contributed by atoms with Gasteiger partial charge in [-0.15, -0.1) is 0 Å². The van der Waals surface area contributed by atoms with E-state index in [-0.39, 0.29) is 5.91 Å². The lowest BCUT2D eigenvalue weighted by Gasteiger charge is -1.98. The molecule has 0 spiro atoms. The van der Waals surface area contributed by atoms with E-state index >= 15 is 0 Å². The molecule has 0 saturated heterocycles. The number of aromatic amines is 1. The molecule has 24 heavy (non-hydrogen) atoms. The topological polar surface area (TPSA) is 70.1 Å². The maximum Gasteiger partial charge on any atom is 0.289 e. The van der Waals surface area contributed by atoms with Gasteiger partial charge in [-0.1, -0.05) is 64.0 Å². The standard InChI is InChI=1S/C18H15BrN4O/c1-12-6-8-13(9-7-12)16-10-17(22-21-16)18(24)23-20-11-14-4-2-3-5-15(14)19/h2-11H,1H3,(H,21,22)(H,23,24)/b20-11+. The van der Waals surface area contributed by atoms with Crippen LogP contribution in [0.15, 0.2) is 64.2 Å². The summed E-state index contributed by atoms with van der Waals surface area (Å²) in [6.07, 6.45) is 1.58. The third-order valence-electron chi connectivity index (χ3n) is 3.44. The van der Waals surface area contributed by atoms with Crippen molar-refractivity contribution in [3.63, 3.8) is 0 Å². The first-order valence-corrected chi connectivity index (χ1v) is 8.13. The first-order valence-electron chi connectivity index (χ1n) is 7.34. The van der Waals surface area contributed by atoms with Crippen LogP contribution in [0.5, 0.6) is 0 Å². The minimum Gasteiger partial charge on any atom is -0.272 e. The van der Waals surface area contributed by atoms with Crippen LogP contribution < -0.4 is 5.43 Å². The quantitative estimate of drug-likeness (QED) is 0.530.